The molecule has 0 radical (unpaired) electrons. The summed E-state index contributed by atoms with van der Waals surface area (Å²) in [5.74, 6) is -0.880. The molecule has 246 valence electrons. The molecule has 0 saturated carbocycles. The van der Waals surface area contributed by atoms with Crippen LogP contribution < -0.4 is 10.6 Å². The van der Waals surface area contributed by atoms with Gasteiger partial charge < -0.3 is 34.6 Å². The predicted molar refractivity (Wildman–Crippen MR) is 169 cm³/mol. The van der Waals surface area contributed by atoms with Crippen molar-refractivity contribution in [3.8, 4) is 11.3 Å². The van der Waals surface area contributed by atoms with E-state index in [9.17, 15) is 19.2 Å². The summed E-state index contributed by atoms with van der Waals surface area (Å²) in [6, 6.07) is 3.36. The lowest BCUT2D eigenvalue weighted by atomic mass is 10.0. The molecule has 0 saturated heterocycles. The first-order valence-electron chi connectivity index (χ1n) is 14.8. The van der Waals surface area contributed by atoms with Gasteiger partial charge >= 0.3 is 18.2 Å². The average molecular weight is 637 g/mol. The number of aromatic nitrogens is 4. The number of ether oxygens (including phenoxy) is 4. The Morgan fingerprint density at radius 2 is 1.76 bits per heavy atom. The molecule has 0 fully saturated rings. The monoisotopic (exact) mass is 636 g/mol. The number of nitrogens with zero attached hydrogens (tertiary/aromatic N) is 3. The number of anilines is 1. The van der Waals surface area contributed by atoms with Gasteiger partial charge in [-0.2, -0.15) is 9.78 Å². The van der Waals surface area contributed by atoms with Crippen LogP contribution in [0, 0.1) is 6.92 Å². The summed E-state index contributed by atoms with van der Waals surface area (Å²) >= 11 is 0. The molecule has 0 unspecified atom stereocenters. The normalized spacial score (nSPS) is 13.7. The topological polar surface area (TPSA) is 176 Å². The maximum Gasteiger partial charge on any atom is 0.435 e. The van der Waals surface area contributed by atoms with Crippen LogP contribution in [0.5, 0.6) is 0 Å². The van der Waals surface area contributed by atoms with E-state index in [4.69, 9.17) is 18.9 Å². The standard InChI is InChI=1S/C32H40N6O8/c1-9-44-28(40)21-12-18(2)35-24(21)14-20-19-13-23(34-15-25(19)36-27(20)39)22-16-38(30(42)46-32(6,7)8)37-26(22)17-43-11-10-33-29(41)45-31(3,4)5/h12-16,35H,9-11,17H2,1-8H3,(H,33,41)(H,36,39)/b20-14-. The second kappa shape index (κ2) is 13.6. The van der Waals surface area contributed by atoms with Gasteiger partial charge in [-0.05, 0) is 73.6 Å². The maximum absolute atomic E-state index is 13.0. The molecule has 3 aromatic rings. The van der Waals surface area contributed by atoms with Crippen molar-refractivity contribution in [1.82, 2.24) is 25.1 Å². The second-order valence-corrected chi connectivity index (χ2v) is 12.5. The smallest absolute Gasteiger partial charge is 0.435 e. The molecule has 14 nitrogen and oxygen atoms in total. The number of alkyl carbamates (subject to hydrolysis) is 1. The summed E-state index contributed by atoms with van der Waals surface area (Å²) in [5.41, 5.74) is 2.65. The first kappa shape index (κ1) is 33.9. The molecular formula is C32H40N6O8. The maximum atomic E-state index is 13.0. The van der Waals surface area contributed by atoms with Crippen molar-refractivity contribution in [3.05, 3.63) is 52.7 Å². The Morgan fingerprint density at radius 3 is 2.43 bits per heavy atom. The van der Waals surface area contributed by atoms with Gasteiger partial charge in [0.05, 0.1) is 59.9 Å². The summed E-state index contributed by atoms with van der Waals surface area (Å²) in [6.07, 6.45) is 3.33. The lowest BCUT2D eigenvalue weighted by molar-refractivity contribution is -0.110. The number of carbonyl (C=O) groups is 4. The third kappa shape index (κ3) is 8.59. The molecule has 0 atom stereocenters. The van der Waals surface area contributed by atoms with Crippen LogP contribution in [-0.4, -0.2) is 74.8 Å². The van der Waals surface area contributed by atoms with E-state index in [0.29, 0.717) is 45.0 Å². The van der Waals surface area contributed by atoms with E-state index in [0.717, 1.165) is 10.4 Å². The zero-order valence-electron chi connectivity index (χ0n) is 27.3. The van der Waals surface area contributed by atoms with Gasteiger partial charge in [-0.15, -0.1) is 0 Å². The number of rotatable bonds is 9. The zero-order chi connectivity index (χ0) is 33.8. The molecule has 0 aliphatic carbocycles. The highest BCUT2D eigenvalue weighted by molar-refractivity contribution is 6.35. The molecule has 0 spiro atoms. The van der Waals surface area contributed by atoms with Gasteiger partial charge in [0.1, 0.15) is 11.2 Å². The molecule has 14 heteroatoms. The number of hydrogen-bond donors (Lipinski definition) is 3. The first-order chi connectivity index (χ1) is 21.5. The van der Waals surface area contributed by atoms with Crippen LogP contribution in [0.2, 0.25) is 0 Å². The van der Waals surface area contributed by atoms with Gasteiger partial charge in [0.2, 0.25) is 0 Å². The number of hydrogen-bond acceptors (Lipinski definition) is 10. The molecule has 4 rings (SSSR count). The number of aromatic amines is 1. The SMILES string of the molecule is CCOC(=O)c1cc(C)[nH]c1/C=C1\C(=O)Nc2cnc(-c3cn(C(=O)OC(C)(C)C)nc3COCCNC(=O)OC(C)(C)C)cc21. The molecule has 3 aromatic heterocycles. The molecule has 0 aromatic carbocycles. The summed E-state index contributed by atoms with van der Waals surface area (Å²) in [4.78, 5) is 58.1. The number of amides is 2. The summed E-state index contributed by atoms with van der Waals surface area (Å²) < 4.78 is 22.7. The van der Waals surface area contributed by atoms with Crippen LogP contribution in [0.25, 0.3) is 22.9 Å². The van der Waals surface area contributed by atoms with Crippen LogP contribution in [0.3, 0.4) is 0 Å². The number of aryl methyl sites for hydroxylation is 1. The summed E-state index contributed by atoms with van der Waals surface area (Å²) in [6.45, 7) is 14.6. The lowest BCUT2D eigenvalue weighted by Crippen LogP contribution is -2.34. The third-order valence-corrected chi connectivity index (χ3v) is 6.25. The highest BCUT2D eigenvalue weighted by atomic mass is 16.6. The third-order valence-electron chi connectivity index (χ3n) is 6.25. The molecule has 2 amide bonds. The Kier molecular flexibility index (Phi) is 10.00. The van der Waals surface area contributed by atoms with Crippen molar-refractivity contribution < 1.29 is 38.1 Å². The van der Waals surface area contributed by atoms with Crippen molar-refractivity contribution >= 4 is 41.4 Å². The molecule has 0 bridgehead atoms. The van der Waals surface area contributed by atoms with E-state index < -0.39 is 29.4 Å². The number of pyridine rings is 1. The highest BCUT2D eigenvalue weighted by Gasteiger charge is 2.28. The van der Waals surface area contributed by atoms with E-state index in [1.807, 2.05) is 0 Å². The number of esters is 1. The Labute approximate surface area is 266 Å². The van der Waals surface area contributed by atoms with Crippen molar-refractivity contribution in [2.75, 3.05) is 25.1 Å². The first-order valence-corrected chi connectivity index (χ1v) is 14.8. The fourth-order valence-electron chi connectivity index (χ4n) is 4.47. The van der Waals surface area contributed by atoms with Gasteiger partial charge in [0.15, 0.2) is 0 Å². The van der Waals surface area contributed by atoms with E-state index in [2.05, 4.69) is 25.7 Å². The van der Waals surface area contributed by atoms with Gasteiger partial charge in [-0.3, -0.25) is 9.78 Å². The van der Waals surface area contributed by atoms with E-state index >= 15 is 0 Å². The number of fused-ring (bicyclic) bond motifs is 1. The van der Waals surface area contributed by atoms with Crippen LogP contribution >= 0.6 is 0 Å². The van der Waals surface area contributed by atoms with Crippen molar-refractivity contribution in [2.45, 2.75) is 73.2 Å². The van der Waals surface area contributed by atoms with Crippen molar-refractivity contribution in [1.29, 1.82) is 0 Å². The van der Waals surface area contributed by atoms with Gasteiger partial charge in [-0.1, -0.05) is 0 Å². The number of nitrogens with one attached hydrogen (secondary N) is 3. The fraction of sp³-hybridized carbons (Fsp3) is 0.438. The van der Waals surface area contributed by atoms with Crippen LogP contribution in [-0.2, 0) is 30.3 Å². The van der Waals surface area contributed by atoms with Crippen LogP contribution in [0.4, 0.5) is 15.3 Å². The van der Waals surface area contributed by atoms with E-state index in [1.54, 1.807) is 73.6 Å². The average Bonchev–Trinajstić information content (AvgIpc) is 3.61. The molecule has 1 aliphatic heterocycles. The highest BCUT2D eigenvalue weighted by Crippen LogP contribution is 2.36. The van der Waals surface area contributed by atoms with Crippen LogP contribution in [0.1, 0.15) is 81.5 Å². The quantitative estimate of drug-likeness (QED) is 0.124. The summed E-state index contributed by atoms with van der Waals surface area (Å²) in [5, 5.41) is 9.83. The van der Waals surface area contributed by atoms with Crippen molar-refractivity contribution in [2.24, 2.45) is 0 Å². The lowest BCUT2D eigenvalue weighted by Gasteiger charge is -2.19. The molecule has 46 heavy (non-hydrogen) atoms. The van der Waals surface area contributed by atoms with E-state index in [1.165, 1.54) is 12.4 Å². The number of H-pyrrole nitrogens is 1. The predicted octanol–water partition coefficient (Wildman–Crippen LogP) is 5.08. The van der Waals surface area contributed by atoms with Crippen molar-refractivity contribution in [3.63, 3.8) is 0 Å². The van der Waals surface area contributed by atoms with Crippen LogP contribution in [0.15, 0.2) is 24.5 Å². The molecular weight excluding hydrogens is 596 g/mol. The van der Waals surface area contributed by atoms with Gasteiger partial charge in [-0.25, -0.2) is 14.4 Å². The van der Waals surface area contributed by atoms with E-state index in [-0.39, 0.29) is 32.3 Å². The molecule has 4 heterocycles. The minimum Gasteiger partial charge on any atom is -0.462 e. The second-order valence-electron chi connectivity index (χ2n) is 12.5. The Hall–Kier alpha value is -4.98. The minimum absolute atomic E-state index is 0.0234. The Bertz CT molecular complexity index is 1670. The van der Waals surface area contributed by atoms with Gasteiger partial charge in [0, 0.05) is 29.6 Å². The minimum atomic E-state index is -0.761. The fourth-order valence-corrected chi connectivity index (χ4v) is 4.47. The Morgan fingerprint density at radius 1 is 1.04 bits per heavy atom. The van der Waals surface area contributed by atoms with Gasteiger partial charge in [0.25, 0.3) is 5.91 Å². The largest absolute Gasteiger partial charge is 0.462 e. The summed E-state index contributed by atoms with van der Waals surface area (Å²) in [7, 11) is 0. The molecule has 1 aliphatic rings. The molecule has 3 N–H and O–H groups in total. The Balaban J connectivity index is 1.63. The number of carbonyl (C=O) groups excluding carboxylic acids is 4. The zero-order valence-corrected chi connectivity index (χ0v) is 27.3.